The van der Waals surface area contributed by atoms with Gasteiger partial charge in [0.2, 0.25) is 0 Å². The topological polar surface area (TPSA) is 39.5 Å². The first-order chi connectivity index (χ1) is 10.7. The molecule has 1 aliphatic rings. The number of ether oxygens (including phenoxy) is 2. The Morgan fingerprint density at radius 1 is 1.23 bits per heavy atom. The highest BCUT2D eigenvalue weighted by Gasteiger charge is 2.28. The normalized spacial score (nSPS) is 18.2. The van der Waals surface area contributed by atoms with Gasteiger partial charge in [0.15, 0.2) is 0 Å². The second-order valence-electron chi connectivity index (χ2n) is 5.88. The summed E-state index contributed by atoms with van der Waals surface area (Å²) in [5.74, 6) is 1.24. The van der Waals surface area contributed by atoms with Crippen molar-refractivity contribution in [2.45, 2.75) is 19.0 Å². The lowest BCUT2D eigenvalue weighted by Gasteiger charge is -2.31. The Bertz CT molecular complexity index is 621. The highest BCUT2D eigenvalue weighted by Crippen LogP contribution is 2.28. The molecule has 1 atom stereocenters. The molecule has 3 rings (SSSR count). The molecule has 0 radical (unpaired) electrons. The predicted molar refractivity (Wildman–Crippen MR) is 84.9 cm³/mol. The average Bonchev–Trinajstić information content (AvgIpc) is 2.89. The molecule has 0 fully saturated rings. The van der Waals surface area contributed by atoms with Gasteiger partial charge in [-0.1, -0.05) is 12.1 Å². The minimum absolute atomic E-state index is 0.341. The van der Waals surface area contributed by atoms with Gasteiger partial charge in [-0.3, -0.25) is 9.58 Å². The van der Waals surface area contributed by atoms with Gasteiger partial charge >= 0.3 is 0 Å². The molecule has 0 aliphatic carbocycles. The third kappa shape index (κ3) is 3.15. The average molecular weight is 301 g/mol. The molecule has 0 amide bonds. The summed E-state index contributed by atoms with van der Waals surface area (Å²) >= 11 is 0. The largest absolute Gasteiger partial charge is 0.497 e. The fourth-order valence-corrected chi connectivity index (χ4v) is 3.17. The van der Waals surface area contributed by atoms with Crippen LogP contribution in [0.15, 0.2) is 30.5 Å². The number of hydrogen-bond donors (Lipinski definition) is 0. The molecule has 118 valence electrons. The summed E-state index contributed by atoms with van der Waals surface area (Å²) < 4.78 is 12.5. The van der Waals surface area contributed by atoms with E-state index in [0.717, 1.165) is 25.4 Å². The van der Waals surface area contributed by atoms with Crippen LogP contribution in [0.2, 0.25) is 0 Å². The van der Waals surface area contributed by atoms with E-state index in [0.29, 0.717) is 12.5 Å². The van der Waals surface area contributed by atoms with Gasteiger partial charge in [-0.2, -0.15) is 5.10 Å². The Morgan fingerprint density at radius 2 is 2.00 bits per heavy atom. The molecule has 22 heavy (non-hydrogen) atoms. The highest BCUT2D eigenvalue weighted by molar-refractivity contribution is 5.28. The van der Waals surface area contributed by atoms with Gasteiger partial charge in [0, 0.05) is 51.5 Å². The molecule has 0 unspecified atom stereocenters. The second-order valence-corrected chi connectivity index (χ2v) is 5.88. The number of hydrogen-bond acceptors (Lipinski definition) is 4. The van der Waals surface area contributed by atoms with E-state index in [2.05, 4.69) is 28.3 Å². The van der Waals surface area contributed by atoms with Crippen molar-refractivity contribution in [2.75, 3.05) is 27.4 Å². The lowest BCUT2D eigenvalue weighted by Crippen LogP contribution is -2.34. The molecule has 0 N–H and O–H groups in total. The van der Waals surface area contributed by atoms with Crippen LogP contribution in [0.5, 0.6) is 5.75 Å². The number of aromatic nitrogens is 2. The Kier molecular flexibility index (Phi) is 4.45. The van der Waals surface area contributed by atoms with Crippen LogP contribution in [0.4, 0.5) is 0 Å². The van der Waals surface area contributed by atoms with Gasteiger partial charge in [0.25, 0.3) is 0 Å². The number of rotatable bonds is 5. The fraction of sp³-hybridized carbons (Fsp3) is 0.471. The molecule has 0 spiro atoms. The smallest absolute Gasteiger partial charge is 0.118 e. The van der Waals surface area contributed by atoms with Gasteiger partial charge in [0.05, 0.1) is 19.4 Å². The van der Waals surface area contributed by atoms with Gasteiger partial charge in [-0.15, -0.1) is 0 Å². The molecule has 2 aromatic rings. The van der Waals surface area contributed by atoms with Crippen molar-refractivity contribution in [3.8, 4) is 5.75 Å². The van der Waals surface area contributed by atoms with E-state index >= 15 is 0 Å². The molecule has 1 aliphatic heterocycles. The third-order valence-electron chi connectivity index (χ3n) is 4.13. The van der Waals surface area contributed by atoms with Crippen LogP contribution in [0, 0.1) is 0 Å². The molecule has 0 bridgehead atoms. The van der Waals surface area contributed by atoms with E-state index in [1.807, 2.05) is 23.9 Å². The maximum Gasteiger partial charge on any atom is 0.118 e. The lowest BCUT2D eigenvalue weighted by molar-refractivity contribution is 0.134. The first-order valence-electron chi connectivity index (χ1n) is 7.56. The summed E-state index contributed by atoms with van der Waals surface area (Å²) in [5, 5.41) is 4.61. The zero-order valence-corrected chi connectivity index (χ0v) is 13.5. The van der Waals surface area contributed by atoms with Crippen LogP contribution in [0.1, 0.15) is 22.7 Å². The van der Waals surface area contributed by atoms with Gasteiger partial charge in [-0.25, -0.2) is 0 Å². The zero-order valence-electron chi connectivity index (χ0n) is 13.5. The summed E-state index contributed by atoms with van der Waals surface area (Å²) in [6.07, 6.45) is 2.12. The maximum atomic E-state index is 5.38. The Balaban J connectivity index is 1.74. The Hall–Kier alpha value is -1.85. The van der Waals surface area contributed by atoms with Crippen LogP contribution >= 0.6 is 0 Å². The number of nitrogens with zero attached hydrogens (tertiary/aromatic N) is 3. The van der Waals surface area contributed by atoms with Crippen molar-refractivity contribution in [3.05, 3.63) is 47.3 Å². The summed E-state index contributed by atoms with van der Waals surface area (Å²) in [4.78, 5) is 2.45. The van der Waals surface area contributed by atoms with Crippen molar-refractivity contribution >= 4 is 0 Å². The highest BCUT2D eigenvalue weighted by atomic mass is 16.5. The maximum absolute atomic E-state index is 5.38. The standard InChI is InChI=1S/C17H23N3O2/c1-19-9-14-10-20(11-15(12-21-2)17(14)18-19)8-13-4-6-16(22-3)7-5-13/h4-7,9,15H,8,10-12H2,1-3H3/t15-/m1/s1. The summed E-state index contributed by atoms with van der Waals surface area (Å²) in [5.41, 5.74) is 3.80. The molecular weight excluding hydrogens is 278 g/mol. The SMILES string of the molecule is COC[C@H]1CN(Cc2ccc(OC)cc2)Cc2cn(C)nc21. The van der Waals surface area contributed by atoms with Crippen molar-refractivity contribution in [3.63, 3.8) is 0 Å². The minimum Gasteiger partial charge on any atom is -0.497 e. The van der Waals surface area contributed by atoms with E-state index in [-0.39, 0.29) is 0 Å². The van der Waals surface area contributed by atoms with Gasteiger partial charge in [0.1, 0.15) is 5.75 Å². The van der Waals surface area contributed by atoms with Gasteiger partial charge in [-0.05, 0) is 17.7 Å². The van der Waals surface area contributed by atoms with E-state index in [1.54, 1.807) is 14.2 Å². The van der Waals surface area contributed by atoms with Gasteiger partial charge < -0.3 is 9.47 Å². The van der Waals surface area contributed by atoms with E-state index in [4.69, 9.17) is 9.47 Å². The fourth-order valence-electron chi connectivity index (χ4n) is 3.17. The predicted octanol–water partition coefficient (Wildman–Crippen LogP) is 2.17. The monoisotopic (exact) mass is 301 g/mol. The third-order valence-corrected chi connectivity index (χ3v) is 4.13. The van der Waals surface area contributed by atoms with E-state index in [1.165, 1.54) is 16.8 Å². The summed E-state index contributed by atoms with van der Waals surface area (Å²) in [6, 6.07) is 8.29. The van der Waals surface area contributed by atoms with Crippen LogP contribution in [-0.4, -0.2) is 42.1 Å². The van der Waals surface area contributed by atoms with Crippen molar-refractivity contribution in [1.29, 1.82) is 0 Å². The number of methoxy groups -OCH3 is 2. The summed E-state index contributed by atoms with van der Waals surface area (Å²) in [7, 11) is 5.43. The molecule has 2 heterocycles. The first-order valence-corrected chi connectivity index (χ1v) is 7.56. The Morgan fingerprint density at radius 3 is 2.68 bits per heavy atom. The van der Waals surface area contributed by atoms with Crippen molar-refractivity contribution in [1.82, 2.24) is 14.7 Å². The van der Waals surface area contributed by atoms with Crippen LogP contribution in [0.3, 0.4) is 0 Å². The Labute approximate surface area is 131 Å². The molecule has 5 nitrogen and oxygen atoms in total. The van der Waals surface area contributed by atoms with Crippen LogP contribution in [-0.2, 0) is 24.9 Å². The molecule has 0 saturated heterocycles. The molecule has 5 heteroatoms. The molecule has 0 saturated carbocycles. The minimum atomic E-state index is 0.341. The molecule has 1 aromatic carbocycles. The molecule has 1 aromatic heterocycles. The second kappa shape index (κ2) is 6.50. The van der Waals surface area contributed by atoms with E-state index in [9.17, 15) is 0 Å². The van der Waals surface area contributed by atoms with E-state index < -0.39 is 0 Å². The number of benzene rings is 1. The number of fused-ring (bicyclic) bond motifs is 1. The van der Waals surface area contributed by atoms with Crippen molar-refractivity contribution in [2.24, 2.45) is 7.05 Å². The van der Waals surface area contributed by atoms with Crippen LogP contribution < -0.4 is 4.74 Å². The molecular formula is C17H23N3O2. The van der Waals surface area contributed by atoms with Crippen LogP contribution in [0.25, 0.3) is 0 Å². The lowest BCUT2D eigenvalue weighted by atomic mass is 9.97. The zero-order chi connectivity index (χ0) is 15.5. The quantitative estimate of drug-likeness (QED) is 0.848. The van der Waals surface area contributed by atoms with Crippen molar-refractivity contribution < 1.29 is 9.47 Å². The summed E-state index contributed by atoms with van der Waals surface area (Å²) in [6.45, 7) is 3.56. The number of aryl methyl sites for hydroxylation is 1. The first kappa shape index (κ1) is 15.1.